The number of pyridine rings is 1. The predicted octanol–water partition coefficient (Wildman–Crippen LogP) is 3.29. The van der Waals surface area contributed by atoms with Crippen LogP contribution in [-0.2, 0) is 0 Å². The zero-order valence-electron chi connectivity index (χ0n) is 17.7. The standard InChI is InChI=1S/C23H25N5O3/c1-15-14-17(30-2)7-8-18(15)23(29)28-12-10-27(11-13-28)20-19(4-3-9-24-20)22-26-25-21(31-22)16-5-6-16/h3-4,7-9,14,16H,5-6,10-13H2,1-2H3. The number of aromatic nitrogens is 3. The van der Waals surface area contributed by atoms with E-state index in [0.717, 1.165) is 41.4 Å². The van der Waals surface area contributed by atoms with Crippen LogP contribution in [0.5, 0.6) is 5.75 Å². The first-order valence-corrected chi connectivity index (χ1v) is 10.6. The molecule has 1 saturated heterocycles. The van der Waals surface area contributed by atoms with E-state index in [0.29, 0.717) is 43.6 Å². The summed E-state index contributed by atoms with van der Waals surface area (Å²) < 4.78 is 11.2. The molecule has 31 heavy (non-hydrogen) atoms. The molecule has 8 nitrogen and oxygen atoms in total. The molecule has 0 atom stereocenters. The van der Waals surface area contributed by atoms with Gasteiger partial charge in [-0.3, -0.25) is 4.79 Å². The third kappa shape index (κ3) is 3.85. The number of hydrogen-bond donors (Lipinski definition) is 0. The maximum atomic E-state index is 13.0. The van der Waals surface area contributed by atoms with Gasteiger partial charge in [-0.25, -0.2) is 4.98 Å². The van der Waals surface area contributed by atoms with Gasteiger partial charge in [0.15, 0.2) is 0 Å². The zero-order valence-corrected chi connectivity index (χ0v) is 17.7. The summed E-state index contributed by atoms with van der Waals surface area (Å²) in [6.45, 7) is 4.56. The van der Waals surface area contributed by atoms with Gasteiger partial charge in [0.05, 0.1) is 12.7 Å². The van der Waals surface area contributed by atoms with Gasteiger partial charge in [-0.2, -0.15) is 0 Å². The van der Waals surface area contributed by atoms with E-state index < -0.39 is 0 Å². The van der Waals surface area contributed by atoms with Gasteiger partial charge in [-0.15, -0.1) is 10.2 Å². The number of carbonyl (C=O) groups excluding carboxylic acids is 1. The van der Waals surface area contributed by atoms with E-state index in [4.69, 9.17) is 9.15 Å². The van der Waals surface area contributed by atoms with E-state index >= 15 is 0 Å². The van der Waals surface area contributed by atoms with Gasteiger partial charge in [-0.05, 0) is 55.7 Å². The molecular weight excluding hydrogens is 394 g/mol. The first-order chi connectivity index (χ1) is 15.1. The third-order valence-corrected chi connectivity index (χ3v) is 5.91. The number of methoxy groups -OCH3 is 1. The monoisotopic (exact) mass is 419 g/mol. The highest BCUT2D eigenvalue weighted by Crippen LogP contribution is 2.40. The largest absolute Gasteiger partial charge is 0.497 e. The minimum absolute atomic E-state index is 0.0482. The smallest absolute Gasteiger partial charge is 0.254 e. The molecule has 0 bridgehead atoms. The normalized spacial score (nSPS) is 16.5. The number of amides is 1. The Morgan fingerprint density at radius 2 is 1.94 bits per heavy atom. The van der Waals surface area contributed by atoms with Crippen LogP contribution < -0.4 is 9.64 Å². The van der Waals surface area contributed by atoms with Crippen molar-refractivity contribution in [1.82, 2.24) is 20.1 Å². The summed E-state index contributed by atoms with van der Waals surface area (Å²) in [4.78, 5) is 21.7. The molecule has 0 unspecified atom stereocenters. The van der Waals surface area contributed by atoms with Crippen molar-refractivity contribution in [3.05, 3.63) is 53.5 Å². The summed E-state index contributed by atoms with van der Waals surface area (Å²) in [6, 6.07) is 9.41. The second-order valence-electron chi connectivity index (χ2n) is 8.05. The first-order valence-electron chi connectivity index (χ1n) is 10.6. The van der Waals surface area contributed by atoms with Crippen molar-refractivity contribution in [2.45, 2.75) is 25.7 Å². The molecule has 8 heteroatoms. The average molecular weight is 419 g/mol. The Morgan fingerprint density at radius 1 is 1.13 bits per heavy atom. The quantitative estimate of drug-likeness (QED) is 0.627. The number of aryl methyl sites for hydroxylation is 1. The topological polar surface area (TPSA) is 84.6 Å². The van der Waals surface area contributed by atoms with E-state index in [1.807, 2.05) is 42.2 Å². The molecule has 0 radical (unpaired) electrons. The number of ether oxygens (including phenoxy) is 1. The van der Waals surface area contributed by atoms with Crippen molar-refractivity contribution in [3.63, 3.8) is 0 Å². The SMILES string of the molecule is COc1ccc(C(=O)N2CCN(c3ncccc3-c3nnc(C4CC4)o3)CC2)c(C)c1. The molecular formula is C23H25N5O3. The molecule has 160 valence electrons. The van der Waals surface area contributed by atoms with Crippen molar-refractivity contribution >= 4 is 11.7 Å². The van der Waals surface area contributed by atoms with Crippen molar-refractivity contribution in [3.8, 4) is 17.2 Å². The van der Waals surface area contributed by atoms with Crippen LogP contribution in [0.25, 0.3) is 11.5 Å². The van der Waals surface area contributed by atoms with E-state index in [-0.39, 0.29) is 5.91 Å². The van der Waals surface area contributed by atoms with Crippen LogP contribution in [0.15, 0.2) is 40.9 Å². The minimum Gasteiger partial charge on any atom is -0.497 e. The first kappa shape index (κ1) is 19.5. The lowest BCUT2D eigenvalue weighted by atomic mass is 10.1. The number of hydrogen-bond acceptors (Lipinski definition) is 7. The maximum Gasteiger partial charge on any atom is 0.254 e. The molecule has 1 aromatic carbocycles. The van der Waals surface area contributed by atoms with Crippen molar-refractivity contribution < 1.29 is 13.9 Å². The van der Waals surface area contributed by atoms with E-state index in [2.05, 4.69) is 20.1 Å². The summed E-state index contributed by atoms with van der Waals surface area (Å²) in [5.41, 5.74) is 2.47. The van der Waals surface area contributed by atoms with Gasteiger partial charge < -0.3 is 19.0 Å². The Kier molecular flexibility index (Phi) is 5.05. The lowest BCUT2D eigenvalue weighted by molar-refractivity contribution is 0.0746. The molecule has 3 heterocycles. The van der Waals surface area contributed by atoms with Gasteiger partial charge in [0.25, 0.3) is 11.8 Å². The lowest BCUT2D eigenvalue weighted by Crippen LogP contribution is -2.49. The minimum atomic E-state index is 0.0482. The van der Waals surface area contributed by atoms with E-state index in [9.17, 15) is 4.79 Å². The number of carbonyl (C=O) groups is 1. The molecule has 5 rings (SSSR count). The Bertz CT molecular complexity index is 1100. The Morgan fingerprint density at radius 3 is 2.65 bits per heavy atom. The van der Waals surface area contributed by atoms with E-state index in [1.165, 1.54) is 0 Å². The number of nitrogens with zero attached hydrogens (tertiary/aromatic N) is 5. The number of anilines is 1. The van der Waals surface area contributed by atoms with Crippen LogP contribution in [-0.4, -0.2) is 59.3 Å². The van der Waals surface area contributed by atoms with Gasteiger partial charge in [0.2, 0.25) is 5.89 Å². The van der Waals surface area contributed by atoms with Gasteiger partial charge in [0, 0.05) is 43.9 Å². The van der Waals surface area contributed by atoms with Crippen LogP contribution in [0.2, 0.25) is 0 Å². The molecule has 0 spiro atoms. The molecule has 3 aromatic rings. The molecule has 2 fully saturated rings. The Balaban J connectivity index is 1.30. The highest BCUT2D eigenvalue weighted by atomic mass is 16.5. The number of rotatable bonds is 5. The van der Waals surface area contributed by atoms with Gasteiger partial charge in [-0.1, -0.05) is 0 Å². The van der Waals surface area contributed by atoms with Gasteiger partial charge in [0.1, 0.15) is 11.6 Å². The predicted molar refractivity (Wildman–Crippen MR) is 115 cm³/mol. The van der Waals surface area contributed by atoms with Crippen molar-refractivity contribution in [1.29, 1.82) is 0 Å². The Labute approximate surface area is 180 Å². The highest BCUT2D eigenvalue weighted by Gasteiger charge is 2.31. The summed E-state index contributed by atoms with van der Waals surface area (Å²) in [5.74, 6) is 3.27. The molecule has 2 aromatic heterocycles. The molecule has 1 aliphatic heterocycles. The highest BCUT2D eigenvalue weighted by molar-refractivity contribution is 5.96. The second kappa shape index (κ2) is 8.02. The molecule has 1 saturated carbocycles. The molecule has 1 amide bonds. The summed E-state index contributed by atoms with van der Waals surface area (Å²) >= 11 is 0. The number of piperazine rings is 1. The van der Waals surface area contributed by atoms with Crippen molar-refractivity contribution in [2.24, 2.45) is 0 Å². The zero-order chi connectivity index (χ0) is 21.4. The molecule has 1 aliphatic carbocycles. The fourth-order valence-electron chi connectivity index (χ4n) is 3.95. The maximum absolute atomic E-state index is 13.0. The van der Waals surface area contributed by atoms with Gasteiger partial charge >= 0.3 is 0 Å². The van der Waals surface area contributed by atoms with Crippen LogP contribution in [0.3, 0.4) is 0 Å². The van der Waals surface area contributed by atoms with Crippen LogP contribution in [0, 0.1) is 6.92 Å². The molecule has 2 aliphatic rings. The Hall–Kier alpha value is -3.42. The van der Waals surface area contributed by atoms with Crippen LogP contribution in [0.4, 0.5) is 5.82 Å². The third-order valence-electron chi connectivity index (χ3n) is 5.91. The second-order valence-corrected chi connectivity index (χ2v) is 8.05. The van der Waals surface area contributed by atoms with Crippen LogP contribution in [0.1, 0.15) is 40.6 Å². The van der Waals surface area contributed by atoms with E-state index in [1.54, 1.807) is 13.3 Å². The summed E-state index contributed by atoms with van der Waals surface area (Å²) in [6.07, 6.45) is 4.01. The number of benzene rings is 1. The molecule has 0 N–H and O–H groups in total. The summed E-state index contributed by atoms with van der Waals surface area (Å²) in [7, 11) is 1.63. The average Bonchev–Trinajstić information content (AvgIpc) is 3.55. The fraction of sp³-hybridized carbons (Fsp3) is 0.391. The van der Waals surface area contributed by atoms with Crippen LogP contribution >= 0.6 is 0 Å². The summed E-state index contributed by atoms with van der Waals surface area (Å²) in [5, 5.41) is 8.46. The lowest BCUT2D eigenvalue weighted by Gasteiger charge is -2.36. The van der Waals surface area contributed by atoms with Crippen molar-refractivity contribution in [2.75, 3.05) is 38.2 Å². The fourth-order valence-corrected chi connectivity index (χ4v) is 3.95.